The Labute approximate surface area is 114 Å². The molecule has 5 N–H and O–H groups in total. The molecular formula is C10H15N9O. The fraction of sp³-hybridized carbons (Fsp3) is 0.500. The van der Waals surface area contributed by atoms with Crippen molar-refractivity contribution in [3.63, 3.8) is 0 Å². The second-order valence-electron chi connectivity index (χ2n) is 4.78. The maximum absolute atomic E-state index is 9.29. The number of aliphatic hydroxyl groups excluding tert-OH is 1. The number of hydrogen-bond acceptors (Lipinski definition) is 9. The average Bonchev–Trinajstić information content (AvgIpc) is 3.06. The highest BCUT2D eigenvalue weighted by molar-refractivity contribution is 5.37. The number of nitrogens with two attached hydrogens (primary N) is 1. The van der Waals surface area contributed by atoms with Gasteiger partial charge in [0.25, 0.3) is 5.95 Å². The molecule has 10 heteroatoms. The molecule has 1 aliphatic rings. The summed E-state index contributed by atoms with van der Waals surface area (Å²) in [7, 11) is 0. The normalized spacial score (nSPS) is 15.9. The number of nitrogens with one attached hydrogen (secondary N) is 2. The highest BCUT2D eigenvalue weighted by Gasteiger charge is 2.41. The Balaban J connectivity index is 1.81. The van der Waals surface area contributed by atoms with Crippen molar-refractivity contribution in [2.75, 3.05) is 23.9 Å². The van der Waals surface area contributed by atoms with Crippen LogP contribution in [-0.2, 0) is 0 Å². The summed E-state index contributed by atoms with van der Waals surface area (Å²) in [6, 6.07) is 0. The van der Waals surface area contributed by atoms with Crippen LogP contribution in [0.5, 0.6) is 0 Å². The minimum atomic E-state index is -0.0453. The van der Waals surface area contributed by atoms with E-state index in [-0.39, 0.29) is 18.0 Å². The maximum Gasteiger partial charge on any atom is 0.258 e. The Morgan fingerprint density at radius 3 is 2.70 bits per heavy atom. The number of hydrogen-bond donors (Lipinski definition) is 4. The third-order valence-corrected chi connectivity index (χ3v) is 3.29. The Hall–Kier alpha value is -2.33. The molecule has 2 aromatic rings. The third kappa shape index (κ3) is 2.51. The second-order valence-corrected chi connectivity index (χ2v) is 4.78. The van der Waals surface area contributed by atoms with Crippen molar-refractivity contribution in [1.82, 2.24) is 29.7 Å². The van der Waals surface area contributed by atoms with E-state index in [4.69, 9.17) is 5.84 Å². The van der Waals surface area contributed by atoms with Crippen LogP contribution in [0.15, 0.2) is 12.7 Å². The molecule has 10 nitrogen and oxygen atoms in total. The fourth-order valence-corrected chi connectivity index (χ4v) is 1.76. The molecule has 2 aromatic heterocycles. The average molecular weight is 277 g/mol. The van der Waals surface area contributed by atoms with Gasteiger partial charge in [0.1, 0.15) is 12.7 Å². The molecule has 1 saturated carbocycles. The van der Waals surface area contributed by atoms with Crippen molar-refractivity contribution in [1.29, 1.82) is 0 Å². The van der Waals surface area contributed by atoms with E-state index in [0.29, 0.717) is 18.4 Å². The van der Waals surface area contributed by atoms with Crippen LogP contribution < -0.4 is 16.6 Å². The second kappa shape index (κ2) is 4.98. The number of anilines is 2. The molecule has 2 heterocycles. The molecule has 0 aromatic carbocycles. The van der Waals surface area contributed by atoms with Crippen molar-refractivity contribution < 1.29 is 5.11 Å². The summed E-state index contributed by atoms with van der Waals surface area (Å²) in [5, 5.41) is 16.3. The van der Waals surface area contributed by atoms with E-state index in [2.05, 4.69) is 35.8 Å². The predicted octanol–water partition coefficient (Wildman–Crippen LogP) is -1.08. The molecule has 0 amide bonds. The Bertz CT molecular complexity index is 580. The van der Waals surface area contributed by atoms with Crippen LogP contribution in [-0.4, -0.2) is 48.0 Å². The first-order chi connectivity index (χ1) is 9.74. The van der Waals surface area contributed by atoms with E-state index in [1.54, 1.807) is 0 Å². The molecule has 3 rings (SSSR count). The first kappa shape index (κ1) is 12.7. The van der Waals surface area contributed by atoms with Crippen LogP contribution in [0, 0.1) is 5.41 Å². The fourth-order valence-electron chi connectivity index (χ4n) is 1.76. The van der Waals surface area contributed by atoms with Crippen molar-refractivity contribution >= 4 is 11.9 Å². The summed E-state index contributed by atoms with van der Waals surface area (Å²) in [5.41, 5.74) is 2.34. The van der Waals surface area contributed by atoms with Crippen molar-refractivity contribution in [2.45, 2.75) is 12.8 Å². The minimum Gasteiger partial charge on any atom is -0.396 e. The van der Waals surface area contributed by atoms with Crippen molar-refractivity contribution in [3.05, 3.63) is 12.7 Å². The van der Waals surface area contributed by atoms with Gasteiger partial charge >= 0.3 is 0 Å². The smallest absolute Gasteiger partial charge is 0.258 e. The van der Waals surface area contributed by atoms with Crippen LogP contribution in [0.2, 0.25) is 0 Å². The van der Waals surface area contributed by atoms with Gasteiger partial charge in [0.15, 0.2) is 0 Å². The molecule has 0 spiro atoms. The van der Waals surface area contributed by atoms with Gasteiger partial charge in [-0.05, 0) is 12.8 Å². The van der Waals surface area contributed by atoms with Crippen LogP contribution in [0.25, 0.3) is 5.95 Å². The van der Waals surface area contributed by atoms with E-state index in [1.807, 2.05) is 0 Å². The van der Waals surface area contributed by atoms with E-state index in [9.17, 15) is 5.11 Å². The summed E-state index contributed by atoms with van der Waals surface area (Å²) >= 11 is 0. The predicted molar refractivity (Wildman–Crippen MR) is 69.8 cm³/mol. The first-order valence-corrected chi connectivity index (χ1v) is 6.17. The third-order valence-electron chi connectivity index (χ3n) is 3.29. The van der Waals surface area contributed by atoms with Gasteiger partial charge in [-0.1, -0.05) is 0 Å². The van der Waals surface area contributed by atoms with Gasteiger partial charge in [-0.25, -0.2) is 10.8 Å². The number of aromatic nitrogens is 6. The molecule has 0 atom stereocenters. The van der Waals surface area contributed by atoms with Crippen LogP contribution in [0.1, 0.15) is 12.8 Å². The SMILES string of the molecule is NNc1nc(NCC2(CO)CC2)nc(-n2cncn2)n1. The van der Waals surface area contributed by atoms with E-state index in [1.165, 1.54) is 17.3 Å². The molecule has 0 saturated heterocycles. The van der Waals surface area contributed by atoms with Gasteiger partial charge in [-0.2, -0.15) is 24.7 Å². The van der Waals surface area contributed by atoms with Gasteiger partial charge in [0, 0.05) is 12.0 Å². The van der Waals surface area contributed by atoms with Crippen LogP contribution >= 0.6 is 0 Å². The highest BCUT2D eigenvalue weighted by atomic mass is 16.3. The van der Waals surface area contributed by atoms with E-state index < -0.39 is 0 Å². The molecule has 0 aliphatic heterocycles. The molecule has 1 fully saturated rings. The molecule has 106 valence electrons. The van der Waals surface area contributed by atoms with Crippen molar-refractivity contribution in [2.24, 2.45) is 11.3 Å². The lowest BCUT2D eigenvalue weighted by Gasteiger charge is -2.13. The number of nitrogen functional groups attached to an aromatic ring is 1. The van der Waals surface area contributed by atoms with Crippen LogP contribution in [0.3, 0.4) is 0 Å². The molecule has 1 aliphatic carbocycles. The maximum atomic E-state index is 9.29. The van der Waals surface area contributed by atoms with Gasteiger partial charge in [0.05, 0.1) is 6.61 Å². The zero-order chi connectivity index (χ0) is 14.0. The monoisotopic (exact) mass is 277 g/mol. The van der Waals surface area contributed by atoms with Gasteiger partial charge in [-0.15, -0.1) is 0 Å². The van der Waals surface area contributed by atoms with Crippen LogP contribution in [0.4, 0.5) is 11.9 Å². The molecule has 0 unspecified atom stereocenters. The summed E-state index contributed by atoms with van der Waals surface area (Å²) in [5.74, 6) is 6.25. The Morgan fingerprint density at radius 1 is 1.30 bits per heavy atom. The summed E-state index contributed by atoms with van der Waals surface area (Å²) in [4.78, 5) is 16.3. The minimum absolute atomic E-state index is 0.0453. The number of rotatable bonds is 6. The largest absolute Gasteiger partial charge is 0.396 e. The lowest BCUT2D eigenvalue weighted by atomic mass is 10.1. The number of hydrazine groups is 1. The van der Waals surface area contributed by atoms with Gasteiger partial charge < -0.3 is 10.4 Å². The molecule has 0 radical (unpaired) electrons. The van der Waals surface area contributed by atoms with Gasteiger partial charge in [-0.3, -0.25) is 5.43 Å². The Kier molecular flexibility index (Phi) is 3.16. The standard InChI is InChI=1S/C10H15N9O/c11-18-8-15-7(13-3-10(4-20)1-2-10)16-9(17-8)19-6-12-5-14-19/h5-6,20H,1-4,11H2,(H2,13,15,16,17,18). The molecule has 0 bridgehead atoms. The van der Waals surface area contributed by atoms with E-state index >= 15 is 0 Å². The molecular weight excluding hydrogens is 262 g/mol. The van der Waals surface area contributed by atoms with Crippen molar-refractivity contribution in [3.8, 4) is 5.95 Å². The summed E-state index contributed by atoms with van der Waals surface area (Å²) < 4.78 is 1.41. The number of nitrogens with zero attached hydrogens (tertiary/aromatic N) is 6. The van der Waals surface area contributed by atoms with Gasteiger partial charge in [0.2, 0.25) is 11.9 Å². The van der Waals surface area contributed by atoms with E-state index in [0.717, 1.165) is 12.8 Å². The number of aliphatic hydroxyl groups is 1. The highest BCUT2D eigenvalue weighted by Crippen LogP contribution is 2.44. The summed E-state index contributed by atoms with van der Waals surface area (Å²) in [6.45, 7) is 0.761. The lowest BCUT2D eigenvalue weighted by Crippen LogP contribution is -2.22. The quantitative estimate of drug-likeness (QED) is 0.383. The zero-order valence-corrected chi connectivity index (χ0v) is 10.7. The topological polar surface area (TPSA) is 140 Å². The zero-order valence-electron chi connectivity index (χ0n) is 10.7. The summed E-state index contributed by atoms with van der Waals surface area (Å²) in [6.07, 6.45) is 4.87. The lowest BCUT2D eigenvalue weighted by molar-refractivity contribution is 0.219. The molecule has 20 heavy (non-hydrogen) atoms. The Morgan fingerprint density at radius 2 is 2.10 bits per heavy atom. The first-order valence-electron chi connectivity index (χ1n) is 6.17.